The zero-order valence-electron chi connectivity index (χ0n) is 16.1. The molecule has 28 heavy (non-hydrogen) atoms. The molecule has 0 atom stereocenters. The van der Waals surface area contributed by atoms with E-state index in [1.165, 1.54) is 5.57 Å². The van der Waals surface area contributed by atoms with Gasteiger partial charge in [-0.3, -0.25) is 4.99 Å². The maximum Gasteiger partial charge on any atom is 0.135 e. The summed E-state index contributed by atoms with van der Waals surface area (Å²) in [7, 11) is 2.01. The van der Waals surface area contributed by atoms with Crippen molar-refractivity contribution in [2.24, 2.45) is 4.99 Å². The van der Waals surface area contributed by atoms with E-state index in [9.17, 15) is 9.50 Å². The second kappa shape index (κ2) is 7.25. The molecule has 0 unspecified atom stereocenters. The molecule has 2 aromatic rings. The second-order valence-corrected chi connectivity index (χ2v) is 8.08. The first-order valence-electron chi connectivity index (χ1n) is 9.65. The summed E-state index contributed by atoms with van der Waals surface area (Å²) in [6.07, 6.45) is 1.02. The van der Waals surface area contributed by atoms with Gasteiger partial charge in [-0.15, -0.1) is 0 Å². The number of rotatable bonds is 4. The Labute approximate surface area is 170 Å². The van der Waals surface area contributed by atoms with Gasteiger partial charge in [-0.2, -0.15) is 0 Å². The molecule has 1 saturated carbocycles. The van der Waals surface area contributed by atoms with Crippen LogP contribution in [0, 0.1) is 0 Å². The van der Waals surface area contributed by atoms with Crippen molar-refractivity contribution in [3.63, 3.8) is 0 Å². The highest BCUT2D eigenvalue weighted by atomic mass is 35.5. The zero-order chi connectivity index (χ0) is 19.9. The molecule has 1 aliphatic carbocycles. The van der Waals surface area contributed by atoms with Crippen LogP contribution in [0.15, 0.2) is 64.8 Å². The SMILES string of the molecule is CCC1=C(C2(c3ccc(Cl)cc3)CC(F)C2)N(C)C(c2ccc(O)cc2)=NC1. The Hall–Kier alpha value is -2.33. The van der Waals surface area contributed by atoms with E-state index in [2.05, 4.69) is 11.8 Å². The number of allylic oxidation sites excluding steroid dienone is 1. The van der Waals surface area contributed by atoms with Gasteiger partial charge in [0.05, 0.1) is 6.54 Å². The van der Waals surface area contributed by atoms with E-state index in [4.69, 9.17) is 16.6 Å². The summed E-state index contributed by atoms with van der Waals surface area (Å²) >= 11 is 6.10. The number of amidine groups is 1. The molecule has 0 amide bonds. The van der Waals surface area contributed by atoms with Crippen LogP contribution in [0.25, 0.3) is 0 Å². The minimum Gasteiger partial charge on any atom is -0.508 e. The summed E-state index contributed by atoms with van der Waals surface area (Å²) in [4.78, 5) is 6.92. The first-order chi connectivity index (χ1) is 13.4. The van der Waals surface area contributed by atoms with Crippen molar-refractivity contribution in [3.8, 4) is 5.75 Å². The quantitative estimate of drug-likeness (QED) is 0.741. The van der Waals surface area contributed by atoms with Crippen LogP contribution in [0.3, 0.4) is 0 Å². The number of hydrogen-bond acceptors (Lipinski definition) is 3. The zero-order valence-corrected chi connectivity index (χ0v) is 16.9. The lowest BCUT2D eigenvalue weighted by molar-refractivity contribution is 0.104. The average molecular weight is 399 g/mol. The van der Waals surface area contributed by atoms with Crippen molar-refractivity contribution >= 4 is 17.4 Å². The monoisotopic (exact) mass is 398 g/mol. The number of likely N-dealkylation sites (N-methyl/N-ethyl adjacent to an activating group) is 1. The minimum absolute atomic E-state index is 0.227. The summed E-state index contributed by atoms with van der Waals surface area (Å²) in [6.45, 7) is 2.74. The van der Waals surface area contributed by atoms with Crippen molar-refractivity contribution in [1.82, 2.24) is 4.90 Å². The maximum absolute atomic E-state index is 14.2. The van der Waals surface area contributed by atoms with Crippen LogP contribution < -0.4 is 0 Å². The number of phenols is 1. The predicted octanol–water partition coefficient (Wildman–Crippen LogP) is 5.47. The Balaban J connectivity index is 1.79. The van der Waals surface area contributed by atoms with Crippen molar-refractivity contribution in [3.05, 3.63) is 76.0 Å². The summed E-state index contributed by atoms with van der Waals surface area (Å²) < 4.78 is 14.2. The van der Waals surface area contributed by atoms with Gasteiger partial charge in [0.1, 0.15) is 17.8 Å². The molecule has 1 fully saturated rings. The van der Waals surface area contributed by atoms with E-state index in [1.54, 1.807) is 12.1 Å². The number of aliphatic imine (C=N–C) groups is 1. The number of aromatic hydroxyl groups is 1. The lowest BCUT2D eigenvalue weighted by Gasteiger charge is -2.51. The molecule has 0 saturated heterocycles. The third-order valence-corrected chi connectivity index (χ3v) is 6.20. The average Bonchev–Trinajstić information content (AvgIpc) is 2.67. The van der Waals surface area contributed by atoms with Gasteiger partial charge in [-0.25, -0.2) is 4.39 Å². The molecule has 0 aromatic heterocycles. The molecule has 2 aliphatic rings. The van der Waals surface area contributed by atoms with Crippen molar-refractivity contribution in [2.45, 2.75) is 37.8 Å². The highest BCUT2D eigenvalue weighted by molar-refractivity contribution is 6.30. The smallest absolute Gasteiger partial charge is 0.135 e. The Morgan fingerprint density at radius 3 is 2.36 bits per heavy atom. The third-order valence-electron chi connectivity index (χ3n) is 5.95. The molecule has 1 heterocycles. The van der Waals surface area contributed by atoms with E-state index in [0.717, 1.165) is 29.1 Å². The van der Waals surface area contributed by atoms with Gasteiger partial charge >= 0.3 is 0 Å². The van der Waals surface area contributed by atoms with Crippen LogP contribution in [0.5, 0.6) is 5.75 Å². The Morgan fingerprint density at radius 2 is 1.79 bits per heavy atom. The number of hydrogen-bond donors (Lipinski definition) is 1. The molecule has 3 nitrogen and oxygen atoms in total. The van der Waals surface area contributed by atoms with E-state index in [0.29, 0.717) is 24.4 Å². The van der Waals surface area contributed by atoms with Crippen LogP contribution in [-0.4, -0.2) is 35.6 Å². The van der Waals surface area contributed by atoms with Gasteiger partial charge in [-0.05, 0) is 66.8 Å². The largest absolute Gasteiger partial charge is 0.508 e. The van der Waals surface area contributed by atoms with E-state index < -0.39 is 6.17 Å². The number of phenolic OH excluding ortho intramolecular Hbond substituents is 1. The number of nitrogens with zero attached hydrogens (tertiary/aromatic N) is 2. The number of alkyl halides is 1. The first-order valence-corrected chi connectivity index (χ1v) is 10.0. The Morgan fingerprint density at radius 1 is 1.14 bits per heavy atom. The summed E-state index contributed by atoms with van der Waals surface area (Å²) in [5.41, 5.74) is 4.08. The Kier molecular flexibility index (Phi) is 4.92. The highest BCUT2D eigenvalue weighted by Crippen LogP contribution is 2.53. The van der Waals surface area contributed by atoms with Crippen molar-refractivity contribution in [1.29, 1.82) is 0 Å². The van der Waals surface area contributed by atoms with Crippen LogP contribution in [-0.2, 0) is 5.41 Å². The van der Waals surface area contributed by atoms with Crippen LogP contribution >= 0.6 is 11.6 Å². The summed E-state index contributed by atoms with van der Waals surface area (Å²) in [5, 5.41) is 10.3. The normalized spacial score (nSPS) is 24.8. The van der Waals surface area contributed by atoms with Gasteiger partial charge in [-0.1, -0.05) is 30.7 Å². The standard InChI is InChI=1S/C23H24ClFN2O/c1-3-15-14-26-22(16-4-10-20(28)11-5-16)27(2)21(15)23(12-19(25)13-23)17-6-8-18(24)9-7-17/h4-11,19,28H,3,12-14H2,1-2H3. The van der Waals surface area contributed by atoms with Gasteiger partial charge in [0.15, 0.2) is 0 Å². The van der Waals surface area contributed by atoms with E-state index in [-0.39, 0.29) is 11.2 Å². The molecule has 1 N–H and O–H groups in total. The molecule has 0 bridgehead atoms. The van der Waals surface area contributed by atoms with E-state index >= 15 is 0 Å². The third kappa shape index (κ3) is 3.10. The predicted molar refractivity (Wildman–Crippen MR) is 112 cm³/mol. The van der Waals surface area contributed by atoms with Crippen molar-refractivity contribution in [2.75, 3.05) is 13.6 Å². The minimum atomic E-state index is -0.800. The summed E-state index contributed by atoms with van der Waals surface area (Å²) in [5.74, 6) is 1.08. The second-order valence-electron chi connectivity index (χ2n) is 7.65. The van der Waals surface area contributed by atoms with Gasteiger partial charge in [0.2, 0.25) is 0 Å². The van der Waals surface area contributed by atoms with Gasteiger partial charge in [0.25, 0.3) is 0 Å². The fraction of sp³-hybridized carbons (Fsp3) is 0.348. The fourth-order valence-electron chi connectivity index (χ4n) is 4.56. The summed E-state index contributed by atoms with van der Waals surface area (Å²) in [6, 6.07) is 14.9. The van der Waals surface area contributed by atoms with E-state index in [1.807, 2.05) is 43.4 Å². The molecule has 2 aromatic carbocycles. The maximum atomic E-state index is 14.2. The number of halogens is 2. The molecule has 146 valence electrons. The topological polar surface area (TPSA) is 35.8 Å². The molecular formula is C23H24ClFN2O. The lowest BCUT2D eigenvalue weighted by atomic mass is 9.59. The fourth-order valence-corrected chi connectivity index (χ4v) is 4.69. The molecular weight excluding hydrogens is 375 g/mol. The van der Waals surface area contributed by atoms with Crippen LogP contribution in [0.2, 0.25) is 5.02 Å². The van der Waals surface area contributed by atoms with Gasteiger partial charge in [0, 0.05) is 28.7 Å². The first kappa shape index (κ1) is 19.0. The lowest BCUT2D eigenvalue weighted by Crippen LogP contribution is -2.51. The molecule has 0 spiro atoms. The molecule has 4 rings (SSSR count). The van der Waals surface area contributed by atoms with Crippen LogP contribution in [0.4, 0.5) is 4.39 Å². The molecule has 5 heteroatoms. The molecule has 1 aliphatic heterocycles. The van der Waals surface area contributed by atoms with Crippen LogP contribution in [0.1, 0.15) is 37.3 Å². The van der Waals surface area contributed by atoms with Gasteiger partial charge < -0.3 is 10.0 Å². The Bertz CT molecular complexity index is 928. The number of benzene rings is 2. The highest BCUT2D eigenvalue weighted by Gasteiger charge is 2.51. The molecule has 0 radical (unpaired) electrons. The van der Waals surface area contributed by atoms with Crippen molar-refractivity contribution < 1.29 is 9.50 Å².